The second-order valence-corrected chi connectivity index (χ2v) is 7.48. The Morgan fingerprint density at radius 3 is 2.67 bits per heavy atom. The quantitative estimate of drug-likeness (QED) is 0.805. The van der Waals surface area contributed by atoms with Crippen LogP contribution in [0.2, 0.25) is 5.15 Å². The lowest BCUT2D eigenvalue weighted by molar-refractivity contribution is 0.391. The van der Waals surface area contributed by atoms with E-state index in [9.17, 15) is 8.42 Å². The average molecular weight is 395 g/mol. The van der Waals surface area contributed by atoms with Gasteiger partial charge < -0.3 is 4.52 Å². The Labute approximate surface area is 136 Å². The highest BCUT2D eigenvalue weighted by molar-refractivity contribution is 9.10. The molecule has 0 spiro atoms. The van der Waals surface area contributed by atoms with Crippen LogP contribution in [0.25, 0.3) is 0 Å². The van der Waals surface area contributed by atoms with Crippen molar-refractivity contribution < 1.29 is 12.9 Å². The van der Waals surface area contributed by atoms with Gasteiger partial charge in [-0.15, -0.1) is 0 Å². The molecule has 1 atom stereocenters. The van der Waals surface area contributed by atoms with E-state index in [1.54, 1.807) is 20.8 Å². The van der Waals surface area contributed by atoms with Crippen molar-refractivity contribution in [3.8, 4) is 0 Å². The van der Waals surface area contributed by atoms with Crippen molar-refractivity contribution in [3.05, 3.63) is 38.9 Å². The number of aromatic nitrogens is 2. The van der Waals surface area contributed by atoms with E-state index in [-0.39, 0.29) is 10.0 Å². The molecule has 6 nitrogen and oxygen atoms in total. The van der Waals surface area contributed by atoms with Crippen molar-refractivity contribution in [2.24, 2.45) is 0 Å². The first kappa shape index (κ1) is 16.4. The van der Waals surface area contributed by atoms with Crippen LogP contribution in [0.1, 0.15) is 30.0 Å². The van der Waals surface area contributed by atoms with Crippen molar-refractivity contribution in [3.63, 3.8) is 0 Å². The third kappa shape index (κ3) is 3.45. The Bertz CT molecular complexity index is 757. The molecule has 2 aromatic heterocycles. The lowest BCUT2D eigenvalue weighted by Gasteiger charge is -2.14. The molecule has 0 aliphatic heterocycles. The summed E-state index contributed by atoms with van der Waals surface area (Å²) < 4.78 is 33.0. The van der Waals surface area contributed by atoms with E-state index in [1.807, 2.05) is 0 Å². The summed E-state index contributed by atoms with van der Waals surface area (Å²) in [5, 5.41) is 3.73. The maximum absolute atomic E-state index is 12.4. The molecule has 2 heterocycles. The van der Waals surface area contributed by atoms with Gasteiger partial charge in [-0.25, -0.2) is 18.1 Å². The van der Waals surface area contributed by atoms with E-state index in [0.29, 0.717) is 21.5 Å². The minimum Gasteiger partial charge on any atom is -0.361 e. The Morgan fingerprint density at radius 1 is 1.43 bits per heavy atom. The molecule has 0 radical (unpaired) electrons. The molecule has 9 heteroatoms. The first-order chi connectivity index (χ1) is 9.72. The smallest absolute Gasteiger partial charge is 0.244 e. The Morgan fingerprint density at radius 2 is 2.10 bits per heavy atom. The molecule has 0 aliphatic rings. The summed E-state index contributed by atoms with van der Waals surface area (Å²) in [4.78, 5) is 3.73. The maximum Gasteiger partial charge on any atom is 0.244 e. The molecule has 0 amide bonds. The number of nitrogens with zero attached hydrogens (tertiary/aromatic N) is 2. The fourth-order valence-corrected chi connectivity index (χ4v) is 4.21. The predicted octanol–water partition coefficient (Wildman–Crippen LogP) is 3.14. The van der Waals surface area contributed by atoms with Gasteiger partial charge in [-0.1, -0.05) is 16.8 Å². The maximum atomic E-state index is 12.4. The largest absolute Gasteiger partial charge is 0.361 e. The van der Waals surface area contributed by atoms with Crippen molar-refractivity contribution in [1.82, 2.24) is 14.9 Å². The lowest BCUT2D eigenvalue weighted by atomic mass is 10.1. The van der Waals surface area contributed by atoms with Gasteiger partial charge in [-0.05, 0) is 42.8 Å². The van der Waals surface area contributed by atoms with Crippen LogP contribution in [0.5, 0.6) is 0 Å². The number of rotatable bonds is 4. The summed E-state index contributed by atoms with van der Waals surface area (Å²) >= 11 is 9.05. The monoisotopic (exact) mass is 393 g/mol. The molecule has 0 aliphatic carbocycles. The lowest BCUT2D eigenvalue weighted by Crippen LogP contribution is -2.28. The van der Waals surface area contributed by atoms with E-state index >= 15 is 0 Å². The Hall–Kier alpha value is -0.960. The number of hydrogen-bond donors (Lipinski definition) is 1. The molecule has 1 N–H and O–H groups in total. The molecule has 21 heavy (non-hydrogen) atoms. The van der Waals surface area contributed by atoms with Gasteiger partial charge in [0.05, 0.1) is 5.69 Å². The number of nitrogens with one attached hydrogen (secondary N) is 1. The molecule has 0 aromatic carbocycles. The molecular formula is C12H13BrClN3O3S. The molecule has 114 valence electrons. The first-order valence-corrected chi connectivity index (χ1v) is 8.64. The molecule has 0 saturated heterocycles. The van der Waals surface area contributed by atoms with Crippen LogP contribution >= 0.6 is 27.5 Å². The third-order valence-electron chi connectivity index (χ3n) is 2.92. The standard InChI is InChI=1S/C12H13BrClN3O3S/c1-6-11(8(3)20-16-6)7(2)17-21(18,19)10-4-9(13)5-15-12(10)14/h4-5,7,17H,1-3H3. The van der Waals surface area contributed by atoms with Gasteiger partial charge in [0.15, 0.2) is 0 Å². The van der Waals surface area contributed by atoms with Crippen LogP contribution in [0, 0.1) is 13.8 Å². The Balaban J connectivity index is 2.36. The van der Waals surface area contributed by atoms with E-state index in [4.69, 9.17) is 16.1 Å². The minimum absolute atomic E-state index is 0.0860. The van der Waals surface area contributed by atoms with E-state index < -0.39 is 16.1 Å². The highest BCUT2D eigenvalue weighted by atomic mass is 79.9. The topological polar surface area (TPSA) is 85.1 Å². The van der Waals surface area contributed by atoms with Gasteiger partial charge >= 0.3 is 0 Å². The number of pyridine rings is 1. The zero-order valence-electron chi connectivity index (χ0n) is 11.5. The summed E-state index contributed by atoms with van der Waals surface area (Å²) in [5.74, 6) is 0.571. The SMILES string of the molecule is Cc1noc(C)c1C(C)NS(=O)(=O)c1cc(Br)cnc1Cl. The van der Waals surface area contributed by atoms with E-state index in [2.05, 4.69) is 30.8 Å². The van der Waals surface area contributed by atoms with E-state index in [0.717, 1.165) is 0 Å². The highest BCUT2D eigenvalue weighted by Crippen LogP contribution is 2.26. The van der Waals surface area contributed by atoms with Gasteiger partial charge in [0, 0.05) is 22.3 Å². The molecular weight excluding hydrogens is 382 g/mol. The summed E-state index contributed by atoms with van der Waals surface area (Å²) in [7, 11) is -3.82. The number of hydrogen-bond acceptors (Lipinski definition) is 5. The summed E-state index contributed by atoms with van der Waals surface area (Å²) in [6.45, 7) is 5.20. The van der Waals surface area contributed by atoms with Gasteiger partial charge in [0.2, 0.25) is 10.0 Å². The summed E-state index contributed by atoms with van der Waals surface area (Å²) in [5.41, 5.74) is 1.35. The van der Waals surface area contributed by atoms with Gasteiger partial charge in [0.1, 0.15) is 15.8 Å². The third-order valence-corrected chi connectivity index (χ3v) is 5.32. The molecule has 0 bridgehead atoms. The van der Waals surface area contributed by atoms with E-state index in [1.165, 1.54) is 12.3 Å². The number of halogens is 2. The summed E-state index contributed by atoms with van der Waals surface area (Å²) in [6.07, 6.45) is 1.43. The average Bonchev–Trinajstić information content (AvgIpc) is 2.71. The zero-order chi connectivity index (χ0) is 15.8. The van der Waals surface area contributed by atoms with Crippen molar-refractivity contribution in [1.29, 1.82) is 0 Å². The van der Waals surface area contributed by atoms with Crippen LogP contribution in [-0.4, -0.2) is 18.6 Å². The number of aryl methyl sites for hydroxylation is 2. The van der Waals surface area contributed by atoms with Crippen LogP contribution < -0.4 is 4.72 Å². The normalized spacial score (nSPS) is 13.4. The molecule has 1 unspecified atom stereocenters. The Kier molecular flexibility index (Phi) is 4.72. The fraction of sp³-hybridized carbons (Fsp3) is 0.333. The zero-order valence-corrected chi connectivity index (χ0v) is 14.7. The van der Waals surface area contributed by atoms with Crippen LogP contribution in [-0.2, 0) is 10.0 Å². The van der Waals surface area contributed by atoms with Crippen molar-refractivity contribution >= 4 is 37.6 Å². The first-order valence-electron chi connectivity index (χ1n) is 5.98. The van der Waals surface area contributed by atoms with Crippen LogP contribution in [0.3, 0.4) is 0 Å². The second kappa shape index (κ2) is 6.04. The fourth-order valence-electron chi connectivity index (χ4n) is 2.06. The number of sulfonamides is 1. The predicted molar refractivity (Wildman–Crippen MR) is 81.7 cm³/mol. The van der Waals surface area contributed by atoms with Crippen molar-refractivity contribution in [2.45, 2.75) is 31.7 Å². The van der Waals surface area contributed by atoms with Gasteiger partial charge in [0.25, 0.3) is 0 Å². The second-order valence-electron chi connectivity index (χ2n) is 4.52. The molecule has 2 aromatic rings. The minimum atomic E-state index is -3.82. The molecule has 2 rings (SSSR count). The van der Waals surface area contributed by atoms with Crippen molar-refractivity contribution in [2.75, 3.05) is 0 Å². The van der Waals surface area contributed by atoms with Crippen LogP contribution in [0.15, 0.2) is 26.2 Å². The van der Waals surface area contributed by atoms with Gasteiger partial charge in [-0.3, -0.25) is 0 Å². The molecule has 0 fully saturated rings. The summed E-state index contributed by atoms with van der Waals surface area (Å²) in [6, 6.07) is 0.897. The van der Waals surface area contributed by atoms with Gasteiger partial charge in [-0.2, -0.15) is 0 Å². The van der Waals surface area contributed by atoms with Crippen LogP contribution in [0.4, 0.5) is 0 Å². The highest BCUT2D eigenvalue weighted by Gasteiger charge is 2.25. The molecule has 0 saturated carbocycles.